The summed E-state index contributed by atoms with van der Waals surface area (Å²) in [6, 6.07) is 5.93. The monoisotopic (exact) mass is 267 g/mol. The van der Waals surface area contributed by atoms with Crippen molar-refractivity contribution in [3.63, 3.8) is 0 Å². The van der Waals surface area contributed by atoms with Gasteiger partial charge in [-0.2, -0.15) is 0 Å². The average molecular weight is 268 g/mol. The fourth-order valence-corrected chi connectivity index (χ4v) is 2.24. The summed E-state index contributed by atoms with van der Waals surface area (Å²) in [4.78, 5) is 12.8. The van der Waals surface area contributed by atoms with Crippen molar-refractivity contribution in [3.8, 4) is 0 Å². The molecule has 1 aromatic rings. The standard InChI is InChI=1S/C14H18ClNO2/c1-10-2-3-12(6-13(10)15)8-16(9-14(17)18)7-11-4-5-11/h2-3,6,11H,4-5,7-9H2,1H3,(H,17,18). The quantitative estimate of drug-likeness (QED) is 0.862. The number of aryl methyl sites for hydroxylation is 1. The van der Waals surface area contributed by atoms with E-state index in [-0.39, 0.29) is 6.54 Å². The Balaban J connectivity index is 2.01. The van der Waals surface area contributed by atoms with Crippen LogP contribution in [-0.4, -0.2) is 29.1 Å². The number of carboxylic acids is 1. The van der Waals surface area contributed by atoms with E-state index in [0.717, 1.165) is 22.7 Å². The molecular weight excluding hydrogens is 250 g/mol. The molecule has 1 aliphatic carbocycles. The van der Waals surface area contributed by atoms with Crippen molar-refractivity contribution in [1.82, 2.24) is 4.90 Å². The lowest BCUT2D eigenvalue weighted by molar-refractivity contribution is -0.138. The molecule has 0 aromatic heterocycles. The van der Waals surface area contributed by atoms with Crippen molar-refractivity contribution in [2.24, 2.45) is 5.92 Å². The van der Waals surface area contributed by atoms with E-state index >= 15 is 0 Å². The Morgan fingerprint density at radius 2 is 2.22 bits per heavy atom. The van der Waals surface area contributed by atoms with Gasteiger partial charge in [-0.3, -0.25) is 9.69 Å². The molecule has 1 saturated carbocycles. The Bertz CT molecular complexity index is 443. The molecule has 3 nitrogen and oxygen atoms in total. The van der Waals surface area contributed by atoms with Crippen LogP contribution in [0.15, 0.2) is 18.2 Å². The third-order valence-corrected chi connectivity index (χ3v) is 3.62. The second-order valence-electron chi connectivity index (χ2n) is 5.09. The van der Waals surface area contributed by atoms with E-state index in [1.807, 2.05) is 30.0 Å². The molecule has 2 rings (SSSR count). The number of carbonyl (C=O) groups is 1. The Kier molecular flexibility index (Phi) is 4.25. The van der Waals surface area contributed by atoms with Gasteiger partial charge >= 0.3 is 5.97 Å². The third-order valence-electron chi connectivity index (χ3n) is 3.21. The largest absolute Gasteiger partial charge is 0.480 e. The molecule has 0 unspecified atom stereocenters. The Labute approximate surface area is 112 Å². The number of hydrogen-bond acceptors (Lipinski definition) is 2. The van der Waals surface area contributed by atoms with Crippen molar-refractivity contribution in [2.45, 2.75) is 26.3 Å². The minimum atomic E-state index is -0.770. The Morgan fingerprint density at radius 1 is 1.50 bits per heavy atom. The van der Waals surface area contributed by atoms with Crippen LogP contribution < -0.4 is 0 Å². The maximum Gasteiger partial charge on any atom is 0.317 e. The van der Waals surface area contributed by atoms with Crippen LogP contribution in [0.5, 0.6) is 0 Å². The van der Waals surface area contributed by atoms with Crippen molar-refractivity contribution in [1.29, 1.82) is 0 Å². The van der Waals surface area contributed by atoms with Gasteiger partial charge in [0.25, 0.3) is 0 Å². The summed E-state index contributed by atoms with van der Waals surface area (Å²) in [5, 5.41) is 9.67. The molecule has 0 saturated heterocycles. The first kappa shape index (κ1) is 13.4. The predicted molar refractivity (Wildman–Crippen MR) is 71.8 cm³/mol. The second-order valence-corrected chi connectivity index (χ2v) is 5.50. The van der Waals surface area contributed by atoms with Crippen LogP contribution >= 0.6 is 11.6 Å². The normalized spacial score (nSPS) is 15.1. The SMILES string of the molecule is Cc1ccc(CN(CC(=O)O)CC2CC2)cc1Cl. The predicted octanol–water partition coefficient (Wildman–Crippen LogP) is 2.95. The van der Waals surface area contributed by atoms with Gasteiger partial charge in [-0.15, -0.1) is 0 Å². The van der Waals surface area contributed by atoms with Gasteiger partial charge in [0.2, 0.25) is 0 Å². The van der Waals surface area contributed by atoms with Crippen LogP contribution in [0.4, 0.5) is 0 Å². The van der Waals surface area contributed by atoms with E-state index in [4.69, 9.17) is 16.7 Å². The summed E-state index contributed by atoms with van der Waals surface area (Å²) < 4.78 is 0. The van der Waals surface area contributed by atoms with Crippen molar-refractivity contribution in [2.75, 3.05) is 13.1 Å². The number of carboxylic acid groups (broad SMARTS) is 1. The van der Waals surface area contributed by atoms with E-state index in [1.165, 1.54) is 12.8 Å². The van der Waals surface area contributed by atoms with Gasteiger partial charge in [-0.1, -0.05) is 23.7 Å². The molecule has 4 heteroatoms. The van der Waals surface area contributed by atoms with E-state index in [9.17, 15) is 4.79 Å². The number of rotatable bonds is 6. The molecule has 18 heavy (non-hydrogen) atoms. The molecule has 98 valence electrons. The zero-order chi connectivity index (χ0) is 13.1. The summed E-state index contributed by atoms with van der Waals surface area (Å²) in [5.74, 6) is -0.0841. The lowest BCUT2D eigenvalue weighted by Crippen LogP contribution is -2.31. The zero-order valence-corrected chi connectivity index (χ0v) is 11.3. The number of halogens is 1. The minimum absolute atomic E-state index is 0.0992. The molecule has 0 radical (unpaired) electrons. The second kappa shape index (κ2) is 5.72. The van der Waals surface area contributed by atoms with Crippen LogP contribution in [0, 0.1) is 12.8 Å². The van der Waals surface area contributed by atoms with Crippen LogP contribution in [0.1, 0.15) is 24.0 Å². The van der Waals surface area contributed by atoms with Gasteiger partial charge in [0.1, 0.15) is 0 Å². The van der Waals surface area contributed by atoms with Crippen LogP contribution in [0.2, 0.25) is 5.02 Å². The highest BCUT2D eigenvalue weighted by Crippen LogP contribution is 2.30. The lowest BCUT2D eigenvalue weighted by atomic mass is 10.1. The van der Waals surface area contributed by atoms with E-state index < -0.39 is 5.97 Å². The summed E-state index contributed by atoms with van der Waals surface area (Å²) in [6.07, 6.45) is 2.45. The smallest absolute Gasteiger partial charge is 0.317 e. The molecule has 0 bridgehead atoms. The molecular formula is C14H18ClNO2. The zero-order valence-electron chi connectivity index (χ0n) is 10.5. The molecule has 0 amide bonds. The molecule has 0 atom stereocenters. The van der Waals surface area contributed by atoms with Crippen LogP contribution in [-0.2, 0) is 11.3 Å². The van der Waals surface area contributed by atoms with Gasteiger partial charge in [0, 0.05) is 18.1 Å². The number of benzene rings is 1. The summed E-state index contributed by atoms with van der Waals surface area (Å²) >= 11 is 6.09. The molecule has 0 aliphatic heterocycles. The Morgan fingerprint density at radius 3 is 2.78 bits per heavy atom. The van der Waals surface area contributed by atoms with Crippen LogP contribution in [0.25, 0.3) is 0 Å². The molecule has 1 aliphatic rings. The molecule has 0 spiro atoms. The first-order chi connectivity index (χ1) is 8.54. The van der Waals surface area contributed by atoms with E-state index in [1.54, 1.807) is 0 Å². The number of aliphatic carboxylic acids is 1. The van der Waals surface area contributed by atoms with E-state index in [0.29, 0.717) is 12.5 Å². The number of hydrogen-bond donors (Lipinski definition) is 1. The molecule has 1 N–H and O–H groups in total. The van der Waals surface area contributed by atoms with Crippen molar-refractivity contribution in [3.05, 3.63) is 34.3 Å². The van der Waals surface area contributed by atoms with Crippen molar-refractivity contribution < 1.29 is 9.90 Å². The van der Waals surface area contributed by atoms with Gasteiger partial charge in [0.05, 0.1) is 6.54 Å². The molecule has 0 heterocycles. The fourth-order valence-electron chi connectivity index (χ4n) is 2.03. The third kappa shape index (κ3) is 4.00. The van der Waals surface area contributed by atoms with Gasteiger partial charge in [-0.05, 0) is 42.9 Å². The lowest BCUT2D eigenvalue weighted by Gasteiger charge is -2.20. The Hall–Kier alpha value is -1.06. The highest BCUT2D eigenvalue weighted by atomic mass is 35.5. The number of nitrogens with zero attached hydrogens (tertiary/aromatic N) is 1. The molecule has 1 fully saturated rings. The van der Waals surface area contributed by atoms with Gasteiger partial charge in [-0.25, -0.2) is 0 Å². The first-order valence-electron chi connectivity index (χ1n) is 6.24. The van der Waals surface area contributed by atoms with Gasteiger partial charge < -0.3 is 5.11 Å². The highest BCUT2D eigenvalue weighted by molar-refractivity contribution is 6.31. The fraction of sp³-hybridized carbons (Fsp3) is 0.500. The topological polar surface area (TPSA) is 40.5 Å². The maximum atomic E-state index is 10.9. The van der Waals surface area contributed by atoms with Gasteiger partial charge in [0.15, 0.2) is 0 Å². The first-order valence-corrected chi connectivity index (χ1v) is 6.61. The molecule has 1 aromatic carbocycles. The van der Waals surface area contributed by atoms with E-state index in [2.05, 4.69) is 0 Å². The average Bonchev–Trinajstić information content (AvgIpc) is 3.06. The highest BCUT2D eigenvalue weighted by Gasteiger charge is 2.25. The van der Waals surface area contributed by atoms with Crippen LogP contribution in [0.3, 0.4) is 0 Å². The summed E-state index contributed by atoms with van der Waals surface area (Å²) in [7, 11) is 0. The van der Waals surface area contributed by atoms with Crippen molar-refractivity contribution >= 4 is 17.6 Å². The summed E-state index contributed by atoms with van der Waals surface area (Å²) in [6.45, 7) is 3.59. The maximum absolute atomic E-state index is 10.9. The minimum Gasteiger partial charge on any atom is -0.480 e. The summed E-state index contributed by atoms with van der Waals surface area (Å²) in [5.41, 5.74) is 2.12.